The highest BCUT2D eigenvalue weighted by Gasteiger charge is 2.25. The first kappa shape index (κ1) is 16.0. The first-order chi connectivity index (χ1) is 9.89. The number of aromatic nitrogens is 2. The van der Waals surface area contributed by atoms with Gasteiger partial charge in [-0.2, -0.15) is 4.98 Å². The van der Waals surface area contributed by atoms with Crippen molar-refractivity contribution in [3.63, 3.8) is 0 Å². The minimum Gasteiger partial charge on any atom is -0.368 e. The molecule has 8 heteroatoms. The molecule has 1 aromatic heterocycles. The number of sulfonamides is 1. The van der Waals surface area contributed by atoms with Gasteiger partial charge in [-0.1, -0.05) is 0 Å². The summed E-state index contributed by atoms with van der Waals surface area (Å²) in [6.45, 7) is 1.94. The zero-order valence-electron chi connectivity index (χ0n) is 12.5. The van der Waals surface area contributed by atoms with E-state index in [-0.39, 0.29) is 17.6 Å². The molecule has 0 bridgehead atoms. The number of nitrogens with two attached hydrogens (primary N) is 1. The molecule has 21 heavy (non-hydrogen) atoms. The average Bonchev–Trinajstić information content (AvgIpc) is 2.45. The van der Waals surface area contributed by atoms with Gasteiger partial charge in [0.1, 0.15) is 5.82 Å². The molecule has 0 amide bonds. The summed E-state index contributed by atoms with van der Waals surface area (Å²) in [6.07, 6.45) is 5.38. The second-order valence-corrected chi connectivity index (χ2v) is 7.58. The van der Waals surface area contributed by atoms with Crippen LogP contribution in [-0.2, 0) is 10.0 Å². The lowest BCUT2D eigenvalue weighted by Gasteiger charge is -2.29. The highest BCUT2D eigenvalue weighted by molar-refractivity contribution is 7.89. The summed E-state index contributed by atoms with van der Waals surface area (Å²) < 4.78 is 25.5. The van der Waals surface area contributed by atoms with E-state index < -0.39 is 10.0 Å². The van der Waals surface area contributed by atoms with Gasteiger partial charge in [0.25, 0.3) is 0 Å². The molecule has 0 radical (unpaired) electrons. The van der Waals surface area contributed by atoms with Gasteiger partial charge in [-0.15, -0.1) is 0 Å². The van der Waals surface area contributed by atoms with E-state index in [0.717, 1.165) is 37.1 Å². The summed E-state index contributed by atoms with van der Waals surface area (Å²) in [5.74, 6) is 1.48. The summed E-state index contributed by atoms with van der Waals surface area (Å²) in [5, 5.41) is 3.39. The van der Waals surface area contributed by atoms with E-state index in [1.54, 1.807) is 6.20 Å². The Hall–Kier alpha value is -1.41. The molecule has 0 aromatic carbocycles. The number of anilines is 2. The maximum absolute atomic E-state index is 11.6. The van der Waals surface area contributed by atoms with E-state index >= 15 is 0 Å². The lowest BCUT2D eigenvalue weighted by molar-refractivity contribution is 0.360. The number of hydrogen-bond donors (Lipinski definition) is 3. The maximum Gasteiger partial charge on any atom is 0.221 e. The Labute approximate surface area is 125 Å². The second kappa shape index (κ2) is 6.57. The molecule has 1 saturated carbocycles. The van der Waals surface area contributed by atoms with Crippen LogP contribution >= 0.6 is 0 Å². The van der Waals surface area contributed by atoms with Gasteiger partial charge in [-0.25, -0.2) is 18.1 Å². The smallest absolute Gasteiger partial charge is 0.221 e. The number of hydrogen-bond acceptors (Lipinski definition) is 6. The molecule has 0 spiro atoms. The fourth-order valence-electron chi connectivity index (χ4n) is 2.66. The van der Waals surface area contributed by atoms with Crippen molar-refractivity contribution in [2.45, 2.75) is 38.6 Å². The van der Waals surface area contributed by atoms with Crippen LogP contribution in [0.4, 0.5) is 11.8 Å². The van der Waals surface area contributed by atoms with Crippen molar-refractivity contribution < 1.29 is 8.42 Å². The molecule has 2 rings (SSSR count). The van der Waals surface area contributed by atoms with Crippen molar-refractivity contribution in [2.75, 3.05) is 23.9 Å². The van der Waals surface area contributed by atoms with Gasteiger partial charge >= 0.3 is 0 Å². The number of nitrogens with zero attached hydrogens (tertiary/aromatic N) is 2. The molecule has 4 N–H and O–H groups in total. The van der Waals surface area contributed by atoms with Gasteiger partial charge in [-0.3, -0.25) is 0 Å². The van der Waals surface area contributed by atoms with Crippen LogP contribution in [0.5, 0.6) is 0 Å². The number of aryl methyl sites for hydroxylation is 1. The summed E-state index contributed by atoms with van der Waals surface area (Å²) in [7, 11) is -1.65. The van der Waals surface area contributed by atoms with E-state index in [0.29, 0.717) is 6.04 Å². The summed E-state index contributed by atoms with van der Waals surface area (Å²) in [5.41, 5.74) is 6.57. The summed E-state index contributed by atoms with van der Waals surface area (Å²) in [4.78, 5) is 8.16. The highest BCUT2D eigenvalue weighted by atomic mass is 32.2. The SMILES string of the molecule is CNS(=O)(=O)CC1CCC(Nc2nc(N)ncc2C)CC1. The zero-order valence-corrected chi connectivity index (χ0v) is 13.3. The summed E-state index contributed by atoms with van der Waals surface area (Å²) in [6, 6.07) is 0.312. The Bertz CT molecular complexity index is 582. The molecule has 1 aromatic rings. The van der Waals surface area contributed by atoms with Crippen LogP contribution in [0.2, 0.25) is 0 Å². The molecule has 0 saturated heterocycles. The quantitative estimate of drug-likeness (QED) is 0.744. The van der Waals surface area contributed by atoms with Crippen LogP contribution < -0.4 is 15.8 Å². The van der Waals surface area contributed by atoms with Crippen molar-refractivity contribution in [1.29, 1.82) is 0 Å². The standard InChI is InChI=1S/C13H23N5O2S/c1-9-7-16-13(14)18-12(9)17-11-5-3-10(4-6-11)8-21(19,20)15-2/h7,10-11,15H,3-6,8H2,1-2H3,(H3,14,16,17,18). The van der Waals surface area contributed by atoms with Crippen LogP contribution in [0.3, 0.4) is 0 Å². The molecular formula is C13H23N5O2S. The zero-order chi connectivity index (χ0) is 15.5. The lowest BCUT2D eigenvalue weighted by Crippen LogP contribution is -2.32. The largest absolute Gasteiger partial charge is 0.368 e. The Morgan fingerprint density at radius 1 is 1.33 bits per heavy atom. The molecule has 0 atom stereocenters. The molecule has 1 aliphatic rings. The van der Waals surface area contributed by atoms with Crippen molar-refractivity contribution in [2.24, 2.45) is 5.92 Å². The third-order valence-corrected chi connectivity index (χ3v) is 5.48. The normalized spacial score (nSPS) is 23.0. The van der Waals surface area contributed by atoms with Crippen molar-refractivity contribution in [3.05, 3.63) is 11.8 Å². The Morgan fingerprint density at radius 2 is 2.00 bits per heavy atom. The topological polar surface area (TPSA) is 110 Å². The predicted octanol–water partition coefficient (Wildman–Crippen LogP) is 0.887. The molecule has 0 aliphatic heterocycles. The molecule has 1 heterocycles. The molecular weight excluding hydrogens is 290 g/mol. The fourth-order valence-corrected chi connectivity index (χ4v) is 3.78. The van der Waals surface area contributed by atoms with Gasteiger partial charge in [0.15, 0.2) is 0 Å². The van der Waals surface area contributed by atoms with Gasteiger partial charge in [-0.05, 0) is 45.6 Å². The van der Waals surface area contributed by atoms with Crippen molar-refractivity contribution >= 4 is 21.8 Å². The van der Waals surface area contributed by atoms with E-state index in [1.807, 2.05) is 6.92 Å². The van der Waals surface area contributed by atoms with Gasteiger partial charge in [0.05, 0.1) is 5.75 Å². The highest BCUT2D eigenvalue weighted by Crippen LogP contribution is 2.27. The summed E-state index contributed by atoms with van der Waals surface area (Å²) >= 11 is 0. The van der Waals surface area contributed by atoms with E-state index in [1.165, 1.54) is 7.05 Å². The van der Waals surface area contributed by atoms with E-state index in [2.05, 4.69) is 20.0 Å². The number of rotatable bonds is 5. The number of nitrogens with one attached hydrogen (secondary N) is 2. The van der Waals surface area contributed by atoms with Crippen molar-refractivity contribution in [3.8, 4) is 0 Å². The minimum atomic E-state index is -3.12. The molecule has 1 aliphatic carbocycles. The van der Waals surface area contributed by atoms with Gasteiger partial charge in [0, 0.05) is 17.8 Å². The Morgan fingerprint density at radius 3 is 2.62 bits per heavy atom. The van der Waals surface area contributed by atoms with Crippen LogP contribution in [0.1, 0.15) is 31.2 Å². The van der Waals surface area contributed by atoms with Crippen LogP contribution in [0, 0.1) is 12.8 Å². The van der Waals surface area contributed by atoms with Gasteiger partial charge in [0.2, 0.25) is 16.0 Å². The first-order valence-electron chi connectivity index (χ1n) is 7.16. The average molecular weight is 313 g/mol. The first-order valence-corrected chi connectivity index (χ1v) is 8.81. The van der Waals surface area contributed by atoms with E-state index in [9.17, 15) is 8.42 Å². The molecule has 1 fully saturated rings. The minimum absolute atomic E-state index is 0.218. The monoisotopic (exact) mass is 313 g/mol. The van der Waals surface area contributed by atoms with Crippen LogP contribution in [0.15, 0.2) is 6.20 Å². The van der Waals surface area contributed by atoms with Crippen molar-refractivity contribution in [1.82, 2.24) is 14.7 Å². The predicted molar refractivity (Wildman–Crippen MR) is 83.4 cm³/mol. The third-order valence-electron chi connectivity index (χ3n) is 3.94. The second-order valence-electron chi connectivity index (χ2n) is 5.61. The fraction of sp³-hybridized carbons (Fsp3) is 0.692. The Kier molecular flexibility index (Phi) is 5.00. The van der Waals surface area contributed by atoms with E-state index in [4.69, 9.17) is 5.73 Å². The van der Waals surface area contributed by atoms with Gasteiger partial charge < -0.3 is 11.1 Å². The number of nitrogen functional groups attached to an aromatic ring is 1. The third kappa shape index (κ3) is 4.53. The molecule has 0 unspecified atom stereocenters. The molecule has 118 valence electrons. The lowest BCUT2D eigenvalue weighted by atomic mass is 9.87. The Balaban J connectivity index is 1.88. The van der Waals surface area contributed by atoms with Crippen LogP contribution in [-0.4, -0.2) is 37.2 Å². The maximum atomic E-state index is 11.6. The molecule has 7 nitrogen and oxygen atoms in total. The van der Waals surface area contributed by atoms with Crippen LogP contribution in [0.25, 0.3) is 0 Å².